The zero-order valence-electron chi connectivity index (χ0n) is 76.4. The number of aliphatic carboxylic acids is 1. The molecule has 0 aromatic carbocycles. The number of carbonyl (C=O) groups excluding carboxylic acids is 5. The molecule has 0 spiro atoms. The summed E-state index contributed by atoms with van der Waals surface area (Å²) in [5.41, 5.74) is 0. The van der Waals surface area contributed by atoms with Gasteiger partial charge in [0.2, 0.25) is 29.5 Å². The van der Waals surface area contributed by atoms with Gasteiger partial charge < -0.3 is 284 Å². The second-order valence-corrected chi connectivity index (χ2v) is 36.0. The molecule has 11 saturated heterocycles. The van der Waals surface area contributed by atoms with Crippen LogP contribution in [0.3, 0.4) is 0 Å². The van der Waals surface area contributed by atoms with Gasteiger partial charge in [-0.05, 0) is 6.92 Å². The predicted molar refractivity (Wildman–Crippen MR) is 436 cm³/mol. The quantitative estimate of drug-likeness (QED) is 0.0273. The highest BCUT2D eigenvalue weighted by Gasteiger charge is 2.64. The Hall–Kier alpha value is -5.22. The van der Waals surface area contributed by atoms with Crippen LogP contribution in [0.5, 0.6) is 0 Å². The highest BCUT2D eigenvalue weighted by atomic mass is 16.8. The van der Waals surface area contributed by atoms with Crippen LogP contribution in [0.25, 0.3) is 0 Å². The molecule has 11 rings (SSSR count). The van der Waals surface area contributed by atoms with Crippen LogP contribution in [0.2, 0.25) is 0 Å². The van der Waals surface area contributed by atoms with Gasteiger partial charge in [-0.1, -0.05) is 0 Å². The van der Waals surface area contributed by atoms with Gasteiger partial charge in [0, 0.05) is 41.0 Å². The summed E-state index contributed by atoms with van der Waals surface area (Å²) in [6, 6.07) is -9.70. The maximum absolute atomic E-state index is 13.4. The van der Waals surface area contributed by atoms with Crippen molar-refractivity contribution in [2.75, 3.05) is 66.1 Å². The molecule has 63 nitrogen and oxygen atoms in total. The summed E-state index contributed by atoms with van der Waals surface area (Å²) in [7, 11) is 0. The van der Waals surface area contributed by atoms with Crippen LogP contribution < -0.4 is 26.6 Å². The van der Waals surface area contributed by atoms with E-state index in [-0.39, 0.29) is 0 Å². The fourth-order valence-electron chi connectivity index (χ4n) is 18.3. The van der Waals surface area contributed by atoms with Gasteiger partial charge in [0.15, 0.2) is 62.9 Å². The lowest BCUT2D eigenvalue weighted by atomic mass is 9.88. The van der Waals surface area contributed by atoms with Crippen LogP contribution in [0.15, 0.2) is 0 Å². The number of carbonyl (C=O) groups is 6. The Morgan fingerprint density at radius 2 is 0.620 bits per heavy atom. The molecule has 36 N–H and O–H groups in total. The predicted octanol–water partition coefficient (Wildman–Crippen LogP) is -24.0. The molecule has 5 amide bonds. The van der Waals surface area contributed by atoms with E-state index in [0.717, 1.165) is 34.6 Å². The lowest BCUT2D eigenvalue weighted by molar-refractivity contribution is -0.399. The number of aliphatic hydroxyl groups excluding tert-OH is 30. The third-order valence-corrected chi connectivity index (χ3v) is 25.9. The summed E-state index contributed by atoms with van der Waals surface area (Å²) in [4.78, 5) is 77.5. The van der Waals surface area contributed by atoms with Crippen molar-refractivity contribution in [3.05, 3.63) is 0 Å². The van der Waals surface area contributed by atoms with E-state index < -0.39 is 451 Å². The van der Waals surface area contributed by atoms with Crippen molar-refractivity contribution in [3.63, 3.8) is 0 Å². The lowest BCUT2D eigenvalue weighted by Crippen LogP contribution is -2.71. The molecule has 142 heavy (non-hydrogen) atoms. The second kappa shape index (κ2) is 50.6. The molecule has 0 aromatic heterocycles. The minimum atomic E-state index is -3.12. The van der Waals surface area contributed by atoms with Crippen molar-refractivity contribution in [3.8, 4) is 0 Å². The number of carboxylic acid groups (broad SMARTS) is 1. The molecule has 11 heterocycles. The van der Waals surface area contributed by atoms with Crippen molar-refractivity contribution < 1.29 is 287 Å². The number of nitrogens with one attached hydrogen (secondary N) is 5. The van der Waals surface area contributed by atoms with Gasteiger partial charge >= 0.3 is 5.97 Å². The van der Waals surface area contributed by atoms with Crippen LogP contribution in [-0.2, 0) is 128 Å². The normalized spacial score (nSPS) is 48.0. The Morgan fingerprint density at radius 3 is 1.05 bits per heavy atom. The SMILES string of the molecule is CC(=O)N[C@@H]1[C@H](O[C@@H]2[C@@H](O[C@@H]3[C@H](O)[C@H](O[C@H]4[C@H](O)[C@@H](NC(C)=O)[C@H](O[C@H]5[C@H](O)[C@@H](NC(C)=O)C(O)O[C@@H]5CO[C@@H]5O[C@@H](C)[C@@H](O)[C@@H](O)[C@@H]5O)O[C@@H]4CO)O[C@H](CO[C@H]4O[C@H](CO)[C@@H](O)[C@H](O)[C@@H]4O[C@@H]4O[C@H](CO)[C@@H](O[C@@H]5O[C@H](CO)[C@@H](O)[C@H](O)[C@H]5O)[C@H](O)[C@H]4NC(C)=O)[C@H]3O)O[C@H](CO)[C@@H](O)[C@@H]2O)O[C@H](CO)[C@@H](O[C@@H]2O[C@H](CO[C@]3(C(=O)O)C[C@H](O)[C@@H](NC(C)=O)[C@H]([C@H](O)[C@H](O)CO)O3)[C@@H](O)[C@H](O)[C@H]2O)[C@@H]1O. The van der Waals surface area contributed by atoms with Crippen LogP contribution in [0.4, 0.5) is 0 Å². The molecule has 56 atom stereocenters. The average Bonchev–Trinajstić information content (AvgIpc) is 0.763. The minimum absolute atomic E-state index is 0.848. The highest BCUT2D eigenvalue weighted by molar-refractivity contribution is 5.77. The Labute approximate surface area is 803 Å². The summed E-state index contributed by atoms with van der Waals surface area (Å²) in [5.74, 6) is -10.0. The van der Waals surface area contributed by atoms with Gasteiger partial charge in [-0.15, -0.1) is 0 Å². The van der Waals surface area contributed by atoms with Crippen LogP contribution >= 0.6 is 0 Å². The largest absolute Gasteiger partial charge is 0.477 e. The monoisotopic (exact) mass is 2080 g/mol. The van der Waals surface area contributed by atoms with Crippen LogP contribution in [-0.4, -0.2) is 603 Å². The first-order chi connectivity index (χ1) is 66.9. The average molecular weight is 2080 g/mol. The molecule has 0 aromatic rings. The highest BCUT2D eigenvalue weighted by Crippen LogP contribution is 2.43. The molecule has 820 valence electrons. The summed E-state index contributed by atoms with van der Waals surface area (Å²) >= 11 is 0. The number of carboxylic acids is 1. The molecule has 0 saturated carbocycles. The standard InChI is InChI=1S/C79H131N5O58/c1-18-40(99)51(110)56(115)72(125-18)122-16-34-63(47(106)36(68(119)126-34)81-20(3)93)135-69-37(82-21(4)94)48(107)62(31(14-91)130-69)138-75-59(118)65(46(105)32(133-75)15-123-76-66(54(113)43(102)27(10-87)128-76)140-70-38(83-22(5)95)49(108)60(29(12-89)131-70)136-73-57(116)52(111)42(101)26(9-86)127-73)139-77-67(55(114)44(103)28(11-88)129-77)141-71-39(84-23(6)96)50(109)61(30(13-90)132-71)137-74-58(117)53(112)45(104)33(134-74)17-124-79(78(120)121)7-24(97)35(80-19(2)92)64(142-79)41(100)25(98)8-85/h18,24-77,85-91,97-119H,7-17H2,1-6H3,(H,80,92)(H,81,93)(H,82,94)(H,83,95)(H,84,96)(H,120,121)/t18-,24-,25+,26+,27+,28+,29+,30+,31+,32+,33+,34+,35+,36+,37+,38+,39-,40+,41+,42+,43+,44+,45+,46+,47+,48+,49+,50+,51+,52-,53-,54-,55-,56-,57+,58+,59-,60+,61+,62+,63+,64+,65-,66-,67-,68?,69-,70-,71-,72+,73-,74-,75-,76-,77+,79+/m0/s1. The Morgan fingerprint density at radius 1 is 0.303 bits per heavy atom. The molecule has 11 aliphatic rings. The Bertz CT molecular complexity index is 4010. The van der Waals surface area contributed by atoms with Crippen molar-refractivity contribution in [2.24, 2.45) is 0 Å². The van der Waals surface area contributed by atoms with E-state index in [1.54, 1.807) is 0 Å². The van der Waals surface area contributed by atoms with E-state index in [2.05, 4.69) is 26.6 Å². The van der Waals surface area contributed by atoms with E-state index in [1.807, 2.05) is 0 Å². The van der Waals surface area contributed by atoms with Crippen LogP contribution in [0.1, 0.15) is 48.0 Å². The third kappa shape index (κ3) is 26.0. The van der Waals surface area contributed by atoms with E-state index in [4.69, 9.17) is 99.5 Å². The minimum Gasteiger partial charge on any atom is -0.477 e. The first-order valence-electron chi connectivity index (χ1n) is 45.1. The second-order valence-electron chi connectivity index (χ2n) is 36.0. The molecular weight excluding hydrogens is 1950 g/mol. The summed E-state index contributed by atoms with van der Waals surface area (Å²) in [6.45, 7) is -5.99. The Balaban J connectivity index is 0.908. The molecule has 0 bridgehead atoms. The van der Waals surface area contributed by atoms with E-state index in [1.165, 1.54) is 6.92 Å². The van der Waals surface area contributed by atoms with Gasteiger partial charge in [0.05, 0.1) is 84.3 Å². The first-order valence-corrected chi connectivity index (χ1v) is 45.1. The fourth-order valence-corrected chi connectivity index (χ4v) is 18.3. The molecular formula is C79H131N5O58. The molecule has 0 radical (unpaired) electrons. The van der Waals surface area contributed by atoms with Crippen molar-refractivity contribution >= 4 is 35.5 Å². The van der Waals surface area contributed by atoms with Crippen molar-refractivity contribution in [2.45, 2.75) is 391 Å². The zero-order chi connectivity index (χ0) is 105. The van der Waals surface area contributed by atoms with Gasteiger partial charge in [-0.3, -0.25) is 24.0 Å². The maximum Gasteiger partial charge on any atom is 0.364 e. The number of hydrogen-bond donors (Lipinski definition) is 36. The number of amides is 5. The fraction of sp³-hybridized carbons (Fsp3) is 0.924. The van der Waals surface area contributed by atoms with E-state index in [9.17, 15) is 187 Å². The van der Waals surface area contributed by atoms with Crippen LogP contribution in [0, 0.1) is 0 Å². The van der Waals surface area contributed by atoms with Gasteiger partial charge in [-0.25, -0.2) is 4.79 Å². The molecule has 11 aliphatic heterocycles. The smallest absolute Gasteiger partial charge is 0.364 e. The molecule has 63 heteroatoms. The molecule has 0 aliphatic carbocycles. The maximum atomic E-state index is 13.4. The summed E-state index contributed by atoms with van der Waals surface area (Å²) in [6.07, 6.45) is -110. The zero-order valence-corrected chi connectivity index (χ0v) is 76.4. The third-order valence-electron chi connectivity index (χ3n) is 25.9. The van der Waals surface area contributed by atoms with Crippen molar-refractivity contribution in [1.29, 1.82) is 0 Å². The molecule has 11 fully saturated rings. The molecule has 1 unspecified atom stereocenters. The number of ether oxygens (including phenoxy) is 21. The Kier molecular flexibility index (Phi) is 41.7. The van der Waals surface area contributed by atoms with Crippen molar-refractivity contribution in [1.82, 2.24) is 26.6 Å². The number of rotatable bonds is 38. The summed E-state index contributed by atoms with van der Waals surface area (Å²) < 4.78 is 125. The first kappa shape index (κ1) is 117. The summed E-state index contributed by atoms with van der Waals surface area (Å²) in [5, 5.41) is 360. The topological polar surface area (TPSA) is 984 Å². The van der Waals surface area contributed by atoms with Gasteiger partial charge in [-0.2, -0.15) is 0 Å². The van der Waals surface area contributed by atoms with E-state index in [0.29, 0.717) is 0 Å². The lowest BCUT2D eigenvalue weighted by Gasteiger charge is -2.51. The number of aliphatic hydroxyl groups is 30. The van der Waals surface area contributed by atoms with Gasteiger partial charge in [0.1, 0.15) is 256 Å². The van der Waals surface area contributed by atoms with Gasteiger partial charge in [0.25, 0.3) is 5.79 Å². The van der Waals surface area contributed by atoms with E-state index >= 15 is 0 Å². The number of hydrogen-bond acceptors (Lipinski definition) is 57.